The molecule has 1 aliphatic carbocycles. The molecule has 0 amide bonds. The number of ether oxygens (including phenoxy) is 2. The third kappa shape index (κ3) is 2.03. The second-order valence-corrected chi connectivity index (χ2v) is 6.34. The lowest BCUT2D eigenvalue weighted by atomic mass is 9.72. The molecule has 0 aromatic heterocycles. The van der Waals surface area contributed by atoms with Crippen LogP contribution in [-0.2, 0) is 23.9 Å². The van der Waals surface area contributed by atoms with Crippen LogP contribution >= 0.6 is 0 Å². The minimum absolute atomic E-state index is 0.318. The van der Waals surface area contributed by atoms with Crippen molar-refractivity contribution in [1.29, 1.82) is 0 Å². The predicted octanol–water partition coefficient (Wildman–Crippen LogP) is 0.948. The number of esters is 4. The van der Waals surface area contributed by atoms with Gasteiger partial charge in [-0.05, 0) is 39.0 Å². The molecular formula is C14H17O6+. The van der Waals surface area contributed by atoms with E-state index < -0.39 is 29.2 Å². The number of carbonyl (C=O) groups excluding carboxylic acids is 4. The molecule has 1 N–H and O–H groups in total. The average Bonchev–Trinajstić information content (AvgIpc) is 2.42. The van der Waals surface area contributed by atoms with Gasteiger partial charge in [-0.1, -0.05) is 0 Å². The van der Waals surface area contributed by atoms with Crippen molar-refractivity contribution in [3.63, 3.8) is 0 Å². The third-order valence-electron chi connectivity index (χ3n) is 4.74. The number of fused-ring (bicyclic) bond motifs is 4. The van der Waals surface area contributed by atoms with Gasteiger partial charge in [-0.15, -0.1) is 0 Å². The maximum Gasteiger partial charge on any atom is 0.497 e. The summed E-state index contributed by atoms with van der Waals surface area (Å²) in [6, 6.07) is 0. The molecule has 3 aliphatic rings. The molecule has 2 aliphatic heterocycles. The van der Waals surface area contributed by atoms with Crippen molar-refractivity contribution in [2.75, 3.05) is 0 Å². The van der Waals surface area contributed by atoms with E-state index in [2.05, 4.69) is 0 Å². The molecule has 6 nitrogen and oxygen atoms in total. The molecule has 4 bridgehead atoms. The Hall–Kier alpha value is -1.72. The lowest BCUT2D eigenvalue weighted by Gasteiger charge is -2.31. The van der Waals surface area contributed by atoms with Crippen LogP contribution in [0.3, 0.4) is 0 Å². The molecule has 0 aromatic carbocycles. The fraction of sp³-hybridized carbons (Fsp3) is 0.714. The molecule has 3 fully saturated rings. The fourth-order valence-electron chi connectivity index (χ4n) is 3.56. The van der Waals surface area contributed by atoms with E-state index in [0.717, 1.165) is 0 Å². The lowest BCUT2D eigenvalue weighted by molar-refractivity contribution is -0.172. The summed E-state index contributed by atoms with van der Waals surface area (Å²) in [5.74, 6) is -2.89. The Kier molecular flexibility index (Phi) is 2.92. The van der Waals surface area contributed by atoms with Gasteiger partial charge in [0, 0.05) is 0 Å². The van der Waals surface area contributed by atoms with Crippen molar-refractivity contribution in [3.05, 3.63) is 0 Å². The van der Waals surface area contributed by atoms with E-state index in [1.165, 1.54) is 0 Å². The van der Waals surface area contributed by atoms with Crippen molar-refractivity contribution in [2.24, 2.45) is 23.2 Å². The fourth-order valence-corrected chi connectivity index (χ4v) is 3.56. The molecule has 4 atom stereocenters. The van der Waals surface area contributed by atoms with Gasteiger partial charge in [-0.25, -0.2) is 9.53 Å². The Balaban J connectivity index is 1.94. The van der Waals surface area contributed by atoms with E-state index in [0.29, 0.717) is 32.1 Å². The van der Waals surface area contributed by atoms with Gasteiger partial charge in [-0.2, -0.15) is 0 Å². The Labute approximate surface area is 115 Å². The first-order chi connectivity index (χ1) is 9.39. The Morgan fingerprint density at radius 3 is 2.25 bits per heavy atom. The summed E-state index contributed by atoms with van der Waals surface area (Å²) in [7, 11) is 0. The molecule has 108 valence electrons. The minimum atomic E-state index is -0.739. The van der Waals surface area contributed by atoms with Crippen LogP contribution in [0.5, 0.6) is 0 Å². The maximum atomic E-state index is 11.8. The monoisotopic (exact) mass is 281 g/mol. The van der Waals surface area contributed by atoms with Crippen molar-refractivity contribution < 1.29 is 28.7 Å². The standard InChI is InChI=1S/C14H16O6/c1-14-5-8(11(16)20-13(14)18)3-2-7-4-9(6-14)12(17)19-10(7)15/h7-9H,2-6H2,1H3/p+1. The van der Waals surface area contributed by atoms with Gasteiger partial charge in [0.2, 0.25) is 0 Å². The molecule has 6 heteroatoms. The van der Waals surface area contributed by atoms with Gasteiger partial charge in [0.15, 0.2) is 0 Å². The Morgan fingerprint density at radius 2 is 1.50 bits per heavy atom. The second-order valence-electron chi connectivity index (χ2n) is 6.34. The van der Waals surface area contributed by atoms with Gasteiger partial charge in [0.25, 0.3) is 0 Å². The molecular weight excluding hydrogens is 264 g/mol. The number of cyclic esters (lactones) is 4. The Morgan fingerprint density at radius 1 is 0.950 bits per heavy atom. The highest BCUT2D eigenvalue weighted by Gasteiger charge is 2.56. The number of hydrogen-bond acceptors (Lipinski definition) is 5. The quantitative estimate of drug-likeness (QED) is 0.374. The van der Waals surface area contributed by atoms with Gasteiger partial charge in [0.1, 0.15) is 5.41 Å². The van der Waals surface area contributed by atoms with Crippen LogP contribution in [0.15, 0.2) is 0 Å². The molecule has 20 heavy (non-hydrogen) atoms. The van der Waals surface area contributed by atoms with Crippen LogP contribution in [-0.4, -0.2) is 28.7 Å². The third-order valence-corrected chi connectivity index (χ3v) is 4.74. The van der Waals surface area contributed by atoms with E-state index in [1.807, 2.05) is 0 Å². The highest BCUT2D eigenvalue weighted by Crippen LogP contribution is 2.45. The summed E-state index contributed by atoms with van der Waals surface area (Å²) in [6.45, 7) is 1.78. The maximum absolute atomic E-state index is 11.8. The van der Waals surface area contributed by atoms with Crippen LogP contribution in [0, 0.1) is 23.2 Å². The minimum Gasteiger partial charge on any atom is -0.393 e. The first kappa shape index (κ1) is 13.3. The molecule has 4 unspecified atom stereocenters. The lowest BCUT2D eigenvalue weighted by Crippen LogP contribution is -2.44. The normalized spacial score (nSPS) is 41.1. The van der Waals surface area contributed by atoms with E-state index in [9.17, 15) is 19.2 Å². The van der Waals surface area contributed by atoms with E-state index in [1.54, 1.807) is 6.92 Å². The second kappa shape index (κ2) is 4.40. The van der Waals surface area contributed by atoms with Crippen molar-refractivity contribution in [3.8, 4) is 0 Å². The van der Waals surface area contributed by atoms with Crippen LogP contribution in [0.25, 0.3) is 0 Å². The molecule has 0 aromatic rings. The summed E-state index contributed by atoms with van der Waals surface area (Å²) in [5, 5.41) is 0. The van der Waals surface area contributed by atoms with E-state index in [-0.39, 0.29) is 17.8 Å². The first-order valence-corrected chi connectivity index (χ1v) is 6.93. The van der Waals surface area contributed by atoms with Crippen LogP contribution in [0.2, 0.25) is 0 Å². The molecule has 0 radical (unpaired) electrons. The van der Waals surface area contributed by atoms with Crippen molar-refractivity contribution in [2.45, 2.75) is 39.0 Å². The molecule has 2 saturated heterocycles. The van der Waals surface area contributed by atoms with Gasteiger partial charge >= 0.3 is 23.9 Å². The number of carbonyl (C=O) groups is 3. The molecule has 0 spiro atoms. The van der Waals surface area contributed by atoms with E-state index >= 15 is 0 Å². The van der Waals surface area contributed by atoms with Crippen LogP contribution in [0.1, 0.15) is 39.0 Å². The summed E-state index contributed by atoms with van der Waals surface area (Å²) in [5.41, 5.74) is -0.739. The highest BCUT2D eigenvalue weighted by molar-refractivity contribution is 5.95. The van der Waals surface area contributed by atoms with E-state index in [4.69, 9.17) is 9.47 Å². The van der Waals surface area contributed by atoms with Crippen LogP contribution in [0.4, 0.5) is 0 Å². The number of hydrogen-bond donors (Lipinski definition) is 0. The molecule has 2 heterocycles. The van der Waals surface area contributed by atoms with Crippen LogP contribution < -0.4 is 0 Å². The zero-order chi connectivity index (χ0) is 14.5. The summed E-state index contributed by atoms with van der Waals surface area (Å²) in [4.78, 5) is 45.3. The zero-order valence-electron chi connectivity index (χ0n) is 11.3. The molecule has 3 rings (SSSR count). The van der Waals surface area contributed by atoms with Gasteiger partial charge < -0.3 is 9.53 Å². The number of rotatable bonds is 0. The predicted molar refractivity (Wildman–Crippen MR) is 65.8 cm³/mol. The average molecular weight is 281 g/mol. The Bertz CT molecular complexity index is 510. The largest absolute Gasteiger partial charge is 0.497 e. The topological polar surface area (TPSA) is 91.1 Å². The molecule has 1 saturated carbocycles. The zero-order valence-corrected chi connectivity index (χ0v) is 11.3. The van der Waals surface area contributed by atoms with Crippen molar-refractivity contribution >= 4 is 23.9 Å². The van der Waals surface area contributed by atoms with Gasteiger partial charge in [-0.3, -0.25) is 9.59 Å². The smallest absolute Gasteiger partial charge is 0.393 e. The van der Waals surface area contributed by atoms with Gasteiger partial charge in [0.05, 0.1) is 17.8 Å². The summed E-state index contributed by atoms with van der Waals surface area (Å²) >= 11 is 0. The van der Waals surface area contributed by atoms with Crippen molar-refractivity contribution in [1.82, 2.24) is 0 Å². The summed E-state index contributed by atoms with van der Waals surface area (Å²) in [6.07, 6.45) is 2.25. The summed E-state index contributed by atoms with van der Waals surface area (Å²) < 4.78 is 9.76. The highest BCUT2D eigenvalue weighted by atomic mass is 16.6. The SMILES string of the molecule is CC12CC3CC(CCC(C1)C(=O)OC2=[OH+])C(=O)OC3=O. The first-order valence-electron chi connectivity index (χ1n) is 6.93.